The van der Waals surface area contributed by atoms with Gasteiger partial charge in [0.15, 0.2) is 0 Å². The van der Waals surface area contributed by atoms with E-state index in [-0.39, 0.29) is 25.0 Å². The number of amides is 2. The van der Waals surface area contributed by atoms with E-state index < -0.39 is 22.0 Å². The Bertz CT molecular complexity index is 1050. The fraction of sp³-hybridized carbons (Fsp3) is 0.440. The quantitative estimate of drug-likeness (QED) is 0.573. The standard InChI is InChI=1S/C25H35N3O4S/c1-7-23(25(30)26-18(2)3)27(16-21-11-9-8-10-12-21)24(29)17-28(33(6,31)32)22-14-19(4)13-20(5)15-22/h8-15,18,23H,7,16-17H2,1-6H3,(H,26,30). The van der Waals surface area contributed by atoms with Gasteiger partial charge in [0.25, 0.3) is 0 Å². The van der Waals surface area contributed by atoms with Gasteiger partial charge in [-0.3, -0.25) is 13.9 Å². The first kappa shape index (κ1) is 26.4. The van der Waals surface area contributed by atoms with Crippen LogP contribution in [0.2, 0.25) is 0 Å². The molecule has 0 heterocycles. The number of sulfonamides is 1. The molecule has 0 aliphatic rings. The maximum atomic E-state index is 13.6. The number of hydrogen-bond donors (Lipinski definition) is 1. The summed E-state index contributed by atoms with van der Waals surface area (Å²) in [6.07, 6.45) is 1.49. The van der Waals surface area contributed by atoms with Gasteiger partial charge in [0.05, 0.1) is 11.9 Å². The van der Waals surface area contributed by atoms with Crippen LogP contribution in [0.1, 0.15) is 43.9 Å². The predicted molar refractivity (Wildman–Crippen MR) is 132 cm³/mol. The van der Waals surface area contributed by atoms with Crippen LogP contribution in [0.15, 0.2) is 48.5 Å². The molecule has 2 aromatic carbocycles. The summed E-state index contributed by atoms with van der Waals surface area (Å²) >= 11 is 0. The molecule has 0 saturated heterocycles. The van der Waals surface area contributed by atoms with Gasteiger partial charge in [-0.05, 0) is 62.9 Å². The van der Waals surface area contributed by atoms with Crippen molar-refractivity contribution in [1.29, 1.82) is 0 Å². The van der Waals surface area contributed by atoms with Gasteiger partial charge in [-0.2, -0.15) is 0 Å². The zero-order valence-corrected chi connectivity index (χ0v) is 21.1. The van der Waals surface area contributed by atoms with Gasteiger partial charge in [0.1, 0.15) is 12.6 Å². The highest BCUT2D eigenvalue weighted by molar-refractivity contribution is 7.92. The first-order valence-corrected chi connectivity index (χ1v) is 13.0. The normalized spacial score (nSPS) is 12.3. The number of nitrogens with zero attached hydrogens (tertiary/aromatic N) is 2. The predicted octanol–water partition coefficient (Wildman–Crippen LogP) is 3.40. The van der Waals surface area contributed by atoms with Gasteiger partial charge in [-0.25, -0.2) is 8.42 Å². The summed E-state index contributed by atoms with van der Waals surface area (Å²) in [4.78, 5) is 28.0. The molecule has 0 saturated carbocycles. The summed E-state index contributed by atoms with van der Waals surface area (Å²) in [5, 5.41) is 2.88. The lowest BCUT2D eigenvalue weighted by Gasteiger charge is -2.33. The van der Waals surface area contributed by atoms with Crippen LogP contribution in [0.4, 0.5) is 5.69 Å². The fourth-order valence-corrected chi connectivity index (χ4v) is 4.62. The highest BCUT2D eigenvalue weighted by Crippen LogP contribution is 2.22. The zero-order chi connectivity index (χ0) is 24.8. The SMILES string of the molecule is CCC(C(=O)NC(C)C)N(Cc1ccccc1)C(=O)CN(c1cc(C)cc(C)c1)S(C)(=O)=O. The lowest BCUT2D eigenvalue weighted by Crippen LogP contribution is -2.53. The summed E-state index contributed by atoms with van der Waals surface area (Å²) < 4.78 is 26.4. The van der Waals surface area contributed by atoms with E-state index in [2.05, 4.69) is 5.32 Å². The third-order valence-corrected chi connectivity index (χ3v) is 6.33. The molecule has 1 N–H and O–H groups in total. The topological polar surface area (TPSA) is 86.8 Å². The molecule has 7 nitrogen and oxygen atoms in total. The molecule has 0 radical (unpaired) electrons. The van der Waals surface area contributed by atoms with Crippen LogP contribution in [0.25, 0.3) is 0 Å². The Labute approximate surface area is 197 Å². The van der Waals surface area contributed by atoms with Crippen LogP contribution in [-0.4, -0.2) is 50.0 Å². The fourth-order valence-electron chi connectivity index (χ4n) is 3.79. The first-order chi connectivity index (χ1) is 15.4. The van der Waals surface area contributed by atoms with Crippen LogP contribution in [0.5, 0.6) is 0 Å². The average Bonchev–Trinajstić information content (AvgIpc) is 2.70. The zero-order valence-electron chi connectivity index (χ0n) is 20.3. The molecule has 0 fully saturated rings. The third-order valence-electron chi connectivity index (χ3n) is 5.19. The molecule has 1 unspecified atom stereocenters. The van der Waals surface area contributed by atoms with Crippen LogP contribution >= 0.6 is 0 Å². The summed E-state index contributed by atoms with van der Waals surface area (Å²) in [7, 11) is -3.74. The Balaban J connectivity index is 2.45. The van der Waals surface area contributed by atoms with E-state index in [1.165, 1.54) is 4.90 Å². The number of nitrogens with one attached hydrogen (secondary N) is 1. The molecule has 0 aliphatic carbocycles. The number of carbonyl (C=O) groups excluding carboxylic acids is 2. The second kappa shape index (κ2) is 11.3. The summed E-state index contributed by atoms with van der Waals surface area (Å²) in [6.45, 7) is 9.13. The molecule has 2 aromatic rings. The molecule has 0 bridgehead atoms. The molecule has 33 heavy (non-hydrogen) atoms. The Morgan fingerprint density at radius 3 is 2.06 bits per heavy atom. The summed E-state index contributed by atoms with van der Waals surface area (Å²) in [6, 6.07) is 14.0. The maximum Gasteiger partial charge on any atom is 0.244 e. The molecule has 2 rings (SSSR count). The monoisotopic (exact) mass is 473 g/mol. The second-order valence-electron chi connectivity index (χ2n) is 8.71. The minimum absolute atomic E-state index is 0.0805. The smallest absolute Gasteiger partial charge is 0.244 e. The number of benzene rings is 2. The molecule has 0 aromatic heterocycles. The molecule has 8 heteroatoms. The van der Waals surface area contributed by atoms with Crippen molar-refractivity contribution in [2.24, 2.45) is 0 Å². The van der Waals surface area contributed by atoms with Crippen LogP contribution in [-0.2, 0) is 26.2 Å². The lowest BCUT2D eigenvalue weighted by atomic mass is 10.1. The van der Waals surface area contributed by atoms with Gasteiger partial charge in [0, 0.05) is 12.6 Å². The van der Waals surface area contributed by atoms with E-state index in [1.54, 1.807) is 12.1 Å². The van der Waals surface area contributed by atoms with Crippen molar-refractivity contribution < 1.29 is 18.0 Å². The lowest BCUT2D eigenvalue weighted by molar-refractivity contribution is -0.140. The average molecular weight is 474 g/mol. The number of carbonyl (C=O) groups is 2. The highest BCUT2D eigenvalue weighted by Gasteiger charge is 2.32. The van der Waals surface area contributed by atoms with Crippen LogP contribution in [0.3, 0.4) is 0 Å². The van der Waals surface area contributed by atoms with E-state index in [1.807, 2.05) is 71.0 Å². The Hall–Kier alpha value is -2.87. The molecule has 2 amide bonds. The van der Waals surface area contributed by atoms with E-state index in [0.717, 1.165) is 27.3 Å². The number of rotatable bonds is 10. The van der Waals surface area contributed by atoms with Crippen LogP contribution in [0, 0.1) is 13.8 Å². The second-order valence-corrected chi connectivity index (χ2v) is 10.6. The Morgan fingerprint density at radius 1 is 1.00 bits per heavy atom. The summed E-state index contributed by atoms with van der Waals surface area (Å²) in [5.41, 5.74) is 3.09. The Kier molecular flexibility index (Phi) is 9.05. The van der Waals surface area contributed by atoms with Gasteiger partial charge in [-0.1, -0.05) is 43.3 Å². The van der Waals surface area contributed by atoms with Crippen molar-refractivity contribution in [3.8, 4) is 0 Å². The molecule has 0 spiro atoms. The highest BCUT2D eigenvalue weighted by atomic mass is 32.2. The largest absolute Gasteiger partial charge is 0.352 e. The van der Waals surface area contributed by atoms with Crippen LogP contribution < -0.4 is 9.62 Å². The minimum atomic E-state index is -3.74. The van der Waals surface area contributed by atoms with Crippen molar-refractivity contribution in [3.63, 3.8) is 0 Å². The molecule has 1 atom stereocenters. The van der Waals surface area contributed by atoms with Gasteiger partial charge >= 0.3 is 0 Å². The van der Waals surface area contributed by atoms with Gasteiger partial charge < -0.3 is 10.2 Å². The summed E-state index contributed by atoms with van der Waals surface area (Å²) in [5.74, 6) is -0.691. The van der Waals surface area contributed by atoms with E-state index in [4.69, 9.17) is 0 Å². The van der Waals surface area contributed by atoms with E-state index >= 15 is 0 Å². The van der Waals surface area contributed by atoms with E-state index in [9.17, 15) is 18.0 Å². The molecular weight excluding hydrogens is 438 g/mol. The number of hydrogen-bond acceptors (Lipinski definition) is 4. The first-order valence-electron chi connectivity index (χ1n) is 11.1. The van der Waals surface area contributed by atoms with Crippen molar-refractivity contribution in [3.05, 3.63) is 65.2 Å². The van der Waals surface area contributed by atoms with Crippen molar-refractivity contribution >= 4 is 27.5 Å². The van der Waals surface area contributed by atoms with E-state index in [0.29, 0.717) is 12.1 Å². The van der Waals surface area contributed by atoms with Crippen molar-refractivity contribution in [2.45, 2.75) is 59.7 Å². The number of anilines is 1. The molecule has 0 aliphatic heterocycles. The minimum Gasteiger partial charge on any atom is -0.352 e. The molecule has 180 valence electrons. The van der Waals surface area contributed by atoms with Gasteiger partial charge in [0.2, 0.25) is 21.8 Å². The molecular formula is C25H35N3O4S. The van der Waals surface area contributed by atoms with Gasteiger partial charge in [-0.15, -0.1) is 0 Å². The van der Waals surface area contributed by atoms with Crippen molar-refractivity contribution in [2.75, 3.05) is 17.1 Å². The van der Waals surface area contributed by atoms with Crippen molar-refractivity contribution in [1.82, 2.24) is 10.2 Å². The third kappa shape index (κ3) is 7.60. The maximum absolute atomic E-state index is 13.6. The number of aryl methyl sites for hydroxylation is 2. The Morgan fingerprint density at radius 2 is 1.58 bits per heavy atom.